The third-order valence-corrected chi connectivity index (χ3v) is 6.56. The first-order valence-corrected chi connectivity index (χ1v) is 11.4. The summed E-state index contributed by atoms with van der Waals surface area (Å²) in [5.41, 5.74) is 2.61. The Balaban J connectivity index is 1.93. The van der Waals surface area contributed by atoms with Crippen LogP contribution in [0, 0.1) is 19.8 Å². The van der Waals surface area contributed by atoms with Crippen molar-refractivity contribution < 1.29 is 22.7 Å². The zero-order valence-corrected chi connectivity index (χ0v) is 17.9. The molecule has 0 aliphatic carbocycles. The molecule has 1 fully saturated rings. The summed E-state index contributed by atoms with van der Waals surface area (Å²) in [6.07, 6.45) is 3.12. The molecule has 0 atom stereocenters. The van der Waals surface area contributed by atoms with E-state index in [0.29, 0.717) is 38.0 Å². The van der Waals surface area contributed by atoms with Crippen molar-refractivity contribution in [2.45, 2.75) is 39.5 Å². The molecule has 1 aliphatic rings. The average Bonchev–Trinajstić information content (AvgIpc) is 2.66. The number of carbonyl (C=O) groups is 2. The third-order valence-electron chi connectivity index (χ3n) is 5.38. The first kappa shape index (κ1) is 22.2. The Kier molecular flexibility index (Phi) is 7.46. The van der Waals surface area contributed by atoms with E-state index < -0.39 is 10.0 Å². The van der Waals surface area contributed by atoms with Crippen molar-refractivity contribution in [3.63, 3.8) is 0 Å². The van der Waals surface area contributed by atoms with E-state index in [-0.39, 0.29) is 30.8 Å². The van der Waals surface area contributed by atoms with E-state index in [1.807, 2.05) is 26.0 Å². The summed E-state index contributed by atoms with van der Waals surface area (Å²) in [6, 6.07) is 5.58. The largest absolute Gasteiger partial charge is 0.469 e. The minimum Gasteiger partial charge on any atom is -0.469 e. The number of anilines is 1. The van der Waals surface area contributed by atoms with Crippen molar-refractivity contribution >= 4 is 27.6 Å². The Hall–Kier alpha value is -2.09. The van der Waals surface area contributed by atoms with Gasteiger partial charge in [-0.2, -0.15) is 0 Å². The second kappa shape index (κ2) is 9.41. The normalized spacial score (nSPS) is 15.4. The highest BCUT2D eigenvalue weighted by Crippen LogP contribution is 2.25. The maximum atomic E-state index is 12.5. The van der Waals surface area contributed by atoms with Crippen LogP contribution in [0.5, 0.6) is 0 Å². The van der Waals surface area contributed by atoms with Crippen LogP contribution >= 0.6 is 0 Å². The molecule has 0 aromatic heterocycles. The summed E-state index contributed by atoms with van der Waals surface area (Å²) in [5, 5.41) is 0. The minimum atomic E-state index is -3.44. The number of ether oxygens (including phenoxy) is 1. The van der Waals surface area contributed by atoms with Crippen LogP contribution in [-0.4, -0.2) is 58.2 Å². The van der Waals surface area contributed by atoms with Crippen LogP contribution in [0.4, 0.5) is 5.69 Å². The van der Waals surface area contributed by atoms with E-state index in [1.54, 1.807) is 11.0 Å². The van der Waals surface area contributed by atoms with Gasteiger partial charge in [0.1, 0.15) is 0 Å². The van der Waals surface area contributed by atoms with Gasteiger partial charge < -0.3 is 9.64 Å². The maximum absolute atomic E-state index is 12.5. The molecule has 8 heteroatoms. The van der Waals surface area contributed by atoms with E-state index in [4.69, 9.17) is 4.74 Å². The number of esters is 1. The molecule has 0 N–H and O–H groups in total. The summed E-state index contributed by atoms with van der Waals surface area (Å²) in [6.45, 7) is 5.17. The smallest absolute Gasteiger partial charge is 0.308 e. The molecule has 0 bridgehead atoms. The Labute approximate surface area is 167 Å². The summed E-state index contributed by atoms with van der Waals surface area (Å²) in [5.74, 6) is -0.360. The number of benzene rings is 1. The molecule has 1 heterocycles. The number of piperidine rings is 1. The number of amides is 1. The van der Waals surface area contributed by atoms with Crippen molar-refractivity contribution in [3.05, 3.63) is 29.3 Å². The lowest BCUT2D eigenvalue weighted by Crippen LogP contribution is -2.41. The van der Waals surface area contributed by atoms with Crippen LogP contribution in [0.25, 0.3) is 0 Å². The van der Waals surface area contributed by atoms with E-state index in [2.05, 4.69) is 0 Å². The predicted molar refractivity (Wildman–Crippen MR) is 109 cm³/mol. The van der Waals surface area contributed by atoms with Crippen LogP contribution in [-0.2, 0) is 24.3 Å². The molecular formula is C20H30N2O5S. The monoisotopic (exact) mass is 410 g/mol. The number of hydrogen-bond acceptors (Lipinski definition) is 5. The summed E-state index contributed by atoms with van der Waals surface area (Å²) in [4.78, 5) is 25.8. The lowest BCUT2D eigenvalue weighted by Gasteiger charge is -2.31. The van der Waals surface area contributed by atoms with Crippen LogP contribution in [0.15, 0.2) is 18.2 Å². The number of likely N-dealkylation sites (tertiary alicyclic amines) is 1. The molecular weight excluding hydrogens is 380 g/mol. The van der Waals surface area contributed by atoms with Gasteiger partial charge in [-0.15, -0.1) is 0 Å². The fourth-order valence-corrected chi connectivity index (χ4v) is 4.55. The molecule has 0 unspecified atom stereocenters. The van der Waals surface area contributed by atoms with E-state index >= 15 is 0 Å². The molecule has 1 aromatic rings. The summed E-state index contributed by atoms with van der Waals surface area (Å²) < 4.78 is 30.7. The SMILES string of the molecule is COC(=O)C1CCN(C(=O)CCCN(c2cccc(C)c2C)S(C)(=O)=O)CC1. The Morgan fingerprint density at radius 1 is 1.21 bits per heavy atom. The molecule has 0 radical (unpaired) electrons. The molecule has 156 valence electrons. The van der Waals surface area contributed by atoms with Gasteiger partial charge in [-0.3, -0.25) is 13.9 Å². The fraction of sp³-hybridized carbons (Fsp3) is 0.600. The van der Waals surface area contributed by atoms with Crippen LogP contribution in [0.2, 0.25) is 0 Å². The molecule has 1 aromatic carbocycles. The molecule has 1 saturated heterocycles. The summed E-state index contributed by atoms with van der Waals surface area (Å²) >= 11 is 0. The standard InChI is InChI=1S/C20H30N2O5S/c1-15-7-5-8-18(16(15)2)22(28(4,25)26)12-6-9-19(23)21-13-10-17(11-14-21)20(24)27-3/h5,7-8,17H,6,9-14H2,1-4H3. The van der Waals surface area contributed by atoms with Gasteiger partial charge in [-0.05, 0) is 50.3 Å². The maximum Gasteiger partial charge on any atom is 0.308 e. The van der Waals surface area contributed by atoms with E-state index in [0.717, 1.165) is 11.1 Å². The number of aryl methyl sites for hydroxylation is 1. The predicted octanol–water partition coefficient (Wildman–Crippen LogP) is 2.26. The number of methoxy groups -OCH3 is 1. The molecule has 28 heavy (non-hydrogen) atoms. The van der Waals surface area contributed by atoms with Crippen LogP contribution in [0.1, 0.15) is 36.8 Å². The molecule has 1 aliphatic heterocycles. The topological polar surface area (TPSA) is 84.0 Å². The lowest BCUT2D eigenvalue weighted by molar-refractivity contribution is -0.148. The van der Waals surface area contributed by atoms with Crippen molar-refractivity contribution in [2.75, 3.05) is 37.3 Å². The number of hydrogen-bond donors (Lipinski definition) is 0. The van der Waals surface area contributed by atoms with Gasteiger partial charge in [0.15, 0.2) is 0 Å². The van der Waals surface area contributed by atoms with Gasteiger partial charge in [0.25, 0.3) is 0 Å². The van der Waals surface area contributed by atoms with Gasteiger partial charge in [0, 0.05) is 26.1 Å². The van der Waals surface area contributed by atoms with Gasteiger partial charge in [0.05, 0.1) is 25.0 Å². The Bertz CT molecular complexity index is 814. The molecule has 0 saturated carbocycles. The zero-order valence-electron chi connectivity index (χ0n) is 17.1. The van der Waals surface area contributed by atoms with Crippen molar-refractivity contribution in [3.8, 4) is 0 Å². The second-order valence-electron chi connectivity index (χ2n) is 7.34. The van der Waals surface area contributed by atoms with Crippen LogP contribution in [0.3, 0.4) is 0 Å². The van der Waals surface area contributed by atoms with E-state index in [9.17, 15) is 18.0 Å². The van der Waals surface area contributed by atoms with Crippen molar-refractivity contribution in [1.82, 2.24) is 4.90 Å². The Morgan fingerprint density at radius 3 is 2.43 bits per heavy atom. The number of sulfonamides is 1. The second-order valence-corrected chi connectivity index (χ2v) is 9.24. The van der Waals surface area contributed by atoms with Gasteiger partial charge >= 0.3 is 5.97 Å². The first-order valence-electron chi connectivity index (χ1n) is 9.54. The number of carbonyl (C=O) groups excluding carboxylic acids is 2. The molecule has 7 nitrogen and oxygen atoms in total. The highest BCUT2D eigenvalue weighted by molar-refractivity contribution is 7.92. The van der Waals surface area contributed by atoms with Crippen molar-refractivity contribution in [2.24, 2.45) is 5.92 Å². The lowest BCUT2D eigenvalue weighted by atomic mass is 9.97. The highest BCUT2D eigenvalue weighted by Gasteiger charge is 2.28. The summed E-state index contributed by atoms with van der Waals surface area (Å²) in [7, 11) is -2.06. The van der Waals surface area contributed by atoms with Gasteiger partial charge in [-0.1, -0.05) is 12.1 Å². The van der Waals surface area contributed by atoms with Crippen molar-refractivity contribution in [1.29, 1.82) is 0 Å². The van der Waals surface area contributed by atoms with Gasteiger partial charge in [-0.25, -0.2) is 8.42 Å². The average molecular weight is 411 g/mol. The molecule has 0 spiro atoms. The minimum absolute atomic E-state index is 0.00210. The molecule has 1 amide bonds. The fourth-order valence-electron chi connectivity index (χ4n) is 3.53. The quantitative estimate of drug-likeness (QED) is 0.644. The molecule has 2 rings (SSSR count). The zero-order chi connectivity index (χ0) is 20.9. The highest BCUT2D eigenvalue weighted by atomic mass is 32.2. The van der Waals surface area contributed by atoms with Crippen LogP contribution < -0.4 is 4.31 Å². The number of nitrogens with zero attached hydrogens (tertiary/aromatic N) is 2. The van der Waals surface area contributed by atoms with Gasteiger partial charge in [0.2, 0.25) is 15.9 Å². The Morgan fingerprint density at radius 2 is 1.86 bits per heavy atom. The first-order chi connectivity index (χ1) is 13.1. The number of rotatable bonds is 7. The van der Waals surface area contributed by atoms with E-state index in [1.165, 1.54) is 17.7 Å². The third kappa shape index (κ3) is 5.47.